The van der Waals surface area contributed by atoms with Gasteiger partial charge in [-0.3, -0.25) is 0 Å². The number of hydrogen-bond donors (Lipinski definition) is 1. The second kappa shape index (κ2) is 1.16. The van der Waals surface area contributed by atoms with Gasteiger partial charge in [0.05, 0.1) is 4.87 Å². The topological polar surface area (TPSA) is 26.0 Å². The number of rotatable bonds is 1. The van der Waals surface area contributed by atoms with Gasteiger partial charge in [0.1, 0.15) is 0 Å². The SMILES string of the molecule is C=C(N)C1(Cl)CC1. The summed E-state index contributed by atoms with van der Waals surface area (Å²) in [6.07, 6.45) is 2.01. The maximum Gasteiger partial charge on any atom is 0.0833 e. The van der Waals surface area contributed by atoms with Crippen LogP contribution in [0.2, 0.25) is 0 Å². The summed E-state index contributed by atoms with van der Waals surface area (Å²) in [4.78, 5) is -0.194. The molecule has 0 radical (unpaired) electrons. The predicted octanol–water partition coefficient (Wildman–Crippen LogP) is 1.23. The van der Waals surface area contributed by atoms with Crippen molar-refractivity contribution < 1.29 is 0 Å². The summed E-state index contributed by atoms with van der Waals surface area (Å²) < 4.78 is 0. The summed E-state index contributed by atoms with van der Waals surface area (Å²) >= 11 is 5.75. The smallest absolute Gasteiger partial charge is 0.0833 e. The summed E-state index contributed by atoms with van der Waals surface area (Å²) in [5.74, 6) is 0. The lowest BCUT2D eigenvalue weighted by molar-refractivity contribution is 1.03. The molecule has 0 spiro atoms. The Kier molecular flexibility index (Phi) is 0.824. The Bertz CT molecular complexity index is 105. The summed E-state index contributed by atoms with van der Waals surface area (Å²) in [5, 5.41) is 0. The van der Waals surface area contributed by atoms with Gasteiger partial charge < -0.3 is 5.73 Å². The summed E-state index contributed by atoms with van der Waals surface area (Å²) in [7, 11) is 0. The third-order valence-corrected chi connectivity index (χ3v) is 1.89. The van der Waals surface area contributed by atoms with Crippen LogP contribution in [0.1, 0.15) is 12.8 Å². The van der Waals surface area contributed by atoms with E-state index in [0.29, 0.717) is 5.70 Å². The molecule has 0 amide bonds. The van der Waals surface area contributed by atoms with E-state index in [0.717, 1.165) is 12.8 Å². The van der Waals surface area contributed by atoms with Crippen LogP contribution >= 0.6 is 11.6 Å². The molecule has 1 aliphatic carbocycles. The highest BCUT2D eigenvalue weighted by Gasteiger charge is 2.42. The molecule has 1 rings (SSSR count). The normalized spacial score (nSPS) is 24.1. The lowest BCUT2D eigenvalue weighted by atomic mass is 10.3. The third kappa shape index (κ3) is 0.729. The Hall–Kier alpha value is -0.170. The van der Waals surface area contributed by atoms with Crippen molar-refractivity contribution >= 4 is 11.6 Å². The van der Waals surface area contributed by atoms with Crippen LogP contribution < -0.4 is 5.73 Å². The number of alkyl halides is 1. The Morgan fingerprint density at radius 3 is 2.14 bits per heavy atom. The average Bonchev–Trinajstić information content (AvgIpc) is 2.21. The second-order valence-corrected chi connectivity index (χ2v) is 2.71. The molecule has 0 aromatic rings. The first-order chi connectivity index (χ1) is 3.15. The molecule has 1 nitrogen and oxygen atoms in total. The van der Waals surface area contributed by atoms with Crippen LogP contribution in [-0.4, -0.2) is 4.87 Å². The number of halogens is 1. The van der Waals surface area contributed by atoms with E-state index in [1.807, 2.05) is 0 Å². The van der Waals surface area contributed by atoms with Crippen molar-refractivity contribution in [2.45, 2.75) is 17.7 Å². The Labute approximate surface area is 48.1 Å². The standard InChI is InChI=1S/C5H8ClN/c1-4(7)5(6)2-3-5/h1-3,7H2. The molecule has 0 aromatic heterocycles. The summed E-state index contributed by atoms with van der Waals surface area (Å²) in [5.41, 5.74) is 5.93. The molecule has 0 bridgehead atoms. The molecule has 1 aliphatic rings. The maximum absolute atomic E-state index is 5.75. The molecular formula is C5H8ClN. The molecule has 7 heavy (non-hydrogen) atoms. The quantitative estimate of drug-likeness (QED) is 0.514. The minimum Gasteiger partial charge on any atom is -0.401 e. The zero-order valence-electron chi connectivity index (χ0n) is 4.08. The van der Waals surface area contributed by atoms with Crippen molar-refractivity contribution in [3.8, 4) is 0 Å². The van der Waals surface area contributed by atoms with Crippen LogP contribution in [-0.2, 0) is 0 Å². The first-order valence-electron chi connectivity index (χ1n) is 2.29. The molecule has 0 unspecified atom stereocenters. The van der Waals surface area contributed by atoms with Crippen LogP contribution in [0.3, 0.4) is 0 Å². The third-order valence-electron chi connectivity index (χ3n) is 1.26. The fraction of sp³-hybridized carbons (Fsp3) is 0.600. The highest BCUT2D eigenvalue weighted by molar-refractivity contribution is 6.27. The van der Waals surface area contributed by atoms with Crippen molar-refractivity contribution in [3.05, 3.63) is 12.3 Å². The van der Waals surface area contributed by atoms with E-state index in [1.165, 1.54) is 0 Å². The van der Waals surface area contributed by atoms with Gasteiger partial charge in [-0.15, -0.1) is 11.6 Å². The predicted molar refractivity (Wildman–Crippen MR) is 31.1 cm³/mol. The van der Waals surface area contributed by atoms with Crippen molar-refractivity contribution in [2.75, 3.05) is 0 Å². The van der Waals surface area contributed by atoms with Gasteiger partial charge >= 0.3 is 0 Å². The summed E-state index contributed by atoms with van der Waals surface area (Å²) in [6, 6.07) is 0. The largest absolute Gasteiger partial charge is 0.401 e. The number of nitrogens with two attached hydrogens (primary N) is 1. The second-order valence-electron chi connectivity index (χ2n) is 1.99. The molecule has 2 heteroatoms. The van der Waals surface area contributed by atoms with Crippen LogP contribution in [0.4, 0.5) is 0 Å². The minimum absolute atomic E-state index is 0.194. The van der Waals surface area contributed by atoms with Gasteiger partial charge in [0.15, 0.2) is 0 Å². The highest BCUT2D eigenvalue weighted by atomic mass is 35.5. The highest BCUT2D eigenvalue weighted by Crippen LogP contribution is 2.45. The van der Waals surface area contributed by atoms with Gasteiger partial charge in [-0.25, -0.2) is 0 Å². The van der Waals surface area contributed by atoms with E-state index >= 15 is 0 Å². The van der Waals surface area contributed by atoms with Gasteiger partial charge in [0.25, 0.3) is 0 Å². The van der Waals surface area contributed by atoms with Crippen molar-refractivity contribution in [1.82, 2.24) is 0 Å². The van der Waals surface area contributed by atoms with Gasteiger partial charge in [0, 0.05) is 5.70 Å². The fourth-order valence-corrected chi connectivity index (χ4v) is 0.525. The van der Waals surface area contributed by atoms with Crippen molar-refractivity contribution in [2.24, 2.45) is 5.73 Å². The molecule has 0 atom stereocenters. The number of allylic oxidation sites excluding steroid dienone is 1. The zero-order valence-corrected chi connectivity index (χ0v) is 4.83. The van der Waals surface area contributed by atoms with Crippen LogP contribution in [0, 0.1) is 0 Å². The number of hydrogen-bond acceptors (Lipinski definition) is 1. The fourth-order valence-electron chi connectivity index (χ4n) is 0.431. The lowest BCUT2D eigenvalue weighted by Gasteiger charge is -2.00. The Balaban J connectivity index is 2.55. The zero-order chi connectivity index (χ0) is 5.49. The minimum atomic E-state index is -0.194. The van der Waals surface area contributed by atoms with E-state index in [2.05, 4.69) is 6.58 Å². The van der Waals surface area contributed by atoms with E-state index < -0.39 is 0 Å². The first kappa shape index (κ1) is 4.98. The molecule has 1 fully saturated rings. The van der Waals surface area contributed by atoms with E-state index in [4.69, 9.17) is 17.3 Å². The Morgan fingerprint density at radius 1 is 1.71 bits per heavy atom. The molecule has 40 valence electrons. The molecule has 2 N–H and O–H groups in total. The maximum atomic E-state index is 5.75. The molecule has 0 heterocycles. The molecule has 0 saturated heterocycles. The summed E-state index contributed by atoms with van der Waals surface area (Å²) in [6.45, 7) is 3.53. The molecule has 0 aliphatic heterocycles. The van der Waals surface area contributed by atoms with Crippen LogP contribution in [0.15, 0.2) is 12.3 Å². The Morgan fingerprint density at radius 2 is 2.14 bits per heavy atom. The first-order valence-corrected chi connectivity index (χ1v) is 2.67. The van der Waals surface area contributed by atoms with Gasteiger partial charge in [-0.2, -0.15) is 0 Å². The monoisotopic (exact) mass is 117 g/mol. The van der Waals surface area contributed by atoms with Crippen molar-refractivity contribution in [3.63, 3.8) is 0 Å². The van der Waals surface area contributed by atoms with Crippen LogP contribution in [0.25, 0.3) is 0 Å². The molecular weight excluding hydrogens is 110 g/mol. The lowest BCUT2D eigenvalue weighted by Crippen LogP contribution is -2.09. The van der Waals surface area contributed by atoms with Gasteiger partial charge in [-0.05, 0) is 12.8 Å². The molecule has 0 aromatic carbocycles. The van der Waals surface area contributed by atoms with Crippen LogP contribution in [0.5, 0.6) is 0 Å². The van der Waals surface area contributed by atoms with E-state index in [1.54, 1.807) is 0 Å². The van der Waals surface area contributed by atoms with E-state index in [-0.39, 0.29) is 4.87 Å². The van der Waals surface area contributed by atoms with Gasteiger partial charge in [-0.1, -0.05) is 6.58 Å². The average molecular weight is 118 g/mol. The van der Waals surface area contributed by atoms with Crippen molar-refractivity contribution in [1.29, 1.82) is 0 Å². The van der Waals surface area contributed by atoms with Gasteiger partial charge in [0.2, 0.25) is 0 Å². The molecule has 1 saturated carbocycles. The van der Waals surface area contributed by atoms with E-state index in [9.17, 15) is 0 Å².